The van der Waals surface area contributed by atoms with Gasteiger partial charge in [-0.2, -0.15) is 0 Å². The van der Waals surface area contributed by atoms with E-state index in [1.807, 2.05) is 12.1 Å². The van der Waals surface area contributed by atoms with E-state index in [0.29, 0.717) is 12.6 Å². The van der Waals surface area contributed by atoms with Crippen LogP contribution in [0.3, 0.4) is 0 Å². The zero-order chi connectivity index (χ0) is 16.8. The normalized spacial score (nSPS) is 16.3. The predicted octanol–water partition coefficient (Wildman–Crippen LogP) is 3.40. The molecule has 5 nitrogen and oxygen atoms in total. The van der Waals surface area contributed by atoms with E-state index >= 15 is 0 Å². The monoisotopic (exact) mass is 454 g/mol. The number of halogens is 1. The van der Waals surface area contributed by atoms with Crippen molar-refractivity contribution >= 4 is 35.6 Å². The zero-order valence-corrected chi connectivity index (χ0v) is 17.2. The molecule has 0 amide bonds. The highest BCUT2D eigenvalue weighted by atomic mass is 127. The standard InChI is InChI=1S/C19H26N4O.HI/c1-3-20-19(22-14-17-8-6-12-24-17)21-10-11-23-15(2)13-16-7-4-5-9-18(16)23;/h4-9,12,15H,3,10-11,13-14H2,1-2H3,(H2,20,21,22);1H. The lowest BCUT2D eigenvalue weighted by molar-refractivity contribution is 0.512. The summed E-state index contributed by atoms with van der Waals surface area (Å²) in [6.45, 7) is 7.56. The van der Waals surface area contributed by atoms with E-state index < -0.39 is 0 Å². The lowest BCUT2D eigenvalue weighted by Crippen LogP contribution is -2.42. The van der Waals surface area contributed by atoms with Gasteiger partial charge in [0.25, 0.3) is 0 Å². The summed E-state index contributed by atoms with van der Waals surface area (Å²) in [5, 5.41) is 6.70. The third kappa shape index (κ3) is 5.14. The molecule has 2 heterocycles. The number of furan rings is 1. The number of benzene rings is 1. The molecule has 2 N–H and O–H groups in total. The van der Waals surface area contributed by atoms with Crippen molar-refractivity contribution in [1.29, 1.82) is 0 Å². The van der Waals surface area contributed by atoms with Gasteiger partial charge in [0.15, 0.2) is 5.96 Å². The Hall–Kier alpha value is -1.70. The van der Waals surface area contributed by atoms with Gasteiger partial charge >= 0.3 is 0 Å². The van der Waals surface area contributed by atoms with Crippen LogP contribution < -0.4 is 15.5 Å². The Labute approximate surface area is 166 Å². The second-order valence-electron chi connectivity index (χ2n) is 6.08. The average molecular weight is 454 g/mol. The Balaban J connectivity index is 0.00000225. The van der Waals surface area contributed by atoms with Gasteiger partial charge in [0.1, 0.15) is 12.3 Å². The molecule has 6 heteroatoms. The van der Waals surface area contributed by atoms with Gasteiger partial charge in [-0.3, -0.25) is 0 Å². The molecular weight excluding hydrogens is 427 g/mol. The minimum atomic E-state index is 0. The van der Waals surface area contributed by atoms with Gasteiger partial charge < -0.3 is 20.0 Å². The quantitative estimate of drug-likeness (QED) is 0.399. The molecule has 0 fully saturated rings. The van der Waals surface area contributed by atoms with Crippen molar-refractivity contribution in [2.75, 3.05) is 24.5 Å². The van der Waals surface area contributed by atoms with Gasteiger partial charge in [0.2, 0.25) is 0 Å². The SMILES string of the molecule is CCNC(=NCc1ccco1)NCCN1c2ccccc2CC1C.I. The molecule has 0 spiro atoms. The largest absolute Gasteiger partial charge is 0.467 e. The summed E-state index contributed by atoms with van der Waals surface area (Å²) in [6.07, 6.45) is 2.81. The summed E-state index contributed by atoms with van der Waals surface area (Å²) in [6, 6.07) is 13.1. The van der Waals surface area contributed by atoms with E-state index in [2.05, 4.69) is 58.6 Å². The van der Waals surface area contributed by atoms with E-state index in [0.717, 1.165) is 37.8 Å². The smallest absolute Gasteiger partial charge is 0.191 e. The molecule has 1 aliphatic heterocycles. The van der Waals surface area contributed by atoms with Crippen LogP contribution in [-0.4, -0.2) is 31.6 Å². The van der Waals surface area contributed by atoms with Crippen molar-refractivity contribution in [3.63, 3.8) is 0 Å². The Kier molecular flexibility index (Phi) is 7.61. The first-order valence-electron chi connectivity index (χ1n) is 8.67. The molecule has 1 unspecified atom stereocenters. The minimum absolute atomic E-state index is 0. The van der Waals surface area contributed by atoms with Crippen molar-refractivity contribution in [3.8, 4) is 0 Å². The molecule has 1 atom stereocenters. The maximum absolute atomic E-state index is 5.33. The molecule has 0 bridgehead atoms. The summed E-state index contributed by atoms with van der Waals surface area (Å²) in [4.78, 5) is 7.04. The molecule has 0 radical (unpaired) electrons. The maximum atomic E-state index is 5.33. The van der Waals surface area contributed by atoms with Gasteiger partial charge in [-0.1, -0.05) is 18.2 Å². The van der Waals surface area contributed by atoms with Crippen LogP contribution in [0.4, 0.5) is 5.69 Å². The van der Waals surface area contributed by atoms with Crippen LogP contribution in [0.25, 0.3) is 0 Å². The molecule has 1 aliphatic rings. The third-order valence-corrected chi connectivity index (χ3v) is 4.31. The van der Waals surface area contributed by atoms with Gasteiger partial charge in [-0.05, 0) is 44.0 Å². The van der Waals surface area contributed by atoms with Crippen molar-refractivity contribution in [3.05, 3.63) is 54.0 Å². The highest BCUT2D eigenvalue weighted by Gasteiger charge is 2.24. The summed E-state index contributed by atoms with van der Waals surface area (Å²) >= 11 is 0. The van der Waals surface area contributed by atoms with Crippen molar-refractivity contribution < 1.29 is 4.42 Å². The van der Waals surface area contributed by atoms with Crippen LogP contribution in [0.2, 0.25) is 0 Å². The maximum Gasteiger partial charge on any atom is 0.191 e. The first-order chi connectivity index (χ1) is 11.8. The van der Waals surface area contributed by atoms with E-state index in [9.17, 15) is 0 Å². The molecule has 3 rings (SSSR count). The number of hydrogen-bond donors (Lipinski definition) is 2. The van der Waals surface area contributed by atoms with Crippen LogP contribution in [0.15, 0.2) is 52.1 Å². The first kappa shape index (κ1) is 19.6. The zero-order valence-electron chi connectivity index (χ0n) is 14.9. The number of nitrogens with one attached hydrogen (secondary N) is 2. The van der Waals surface area contributed by atoms with Crippen LogP contribution in [0.5, 0.6) is 0 Å². The molecule has 1 aromatic carbocycles. The van der Waals surface area contributed by atoms with Crippen LogP contribution in [-0.2, 0) is 13.0 Å². The van der Waals surface area contributed by atoms with E-state index in [1.54, 1.807) is 6.26 Å². The second kappa shape index (κ2) is 9.70. The minimum Gasteiger partial charge on any atom is -0.467 e. The molecule has 1 aromatic heterocycles. The molecule has 25 heavy (non-hydrogen) atoms. The molecule has 2 aromatic rings. The van der Waals surface area contributed by atoms with Crippen molar-refractivity contribution in [2.24, 2.45) is 4.99 Å². The topological polar surface area (TPSA) is 52.8 Å². The number of nitrogens with zero attached hydrogens (tertiary/aromatic N) is 2. The average Bonchev–Trinajstić information content (AvgIpc) is 3.20. The number of guanidine groups is 1. The highest BCUT2D eigenvalue weighted by molar-refractivity contribution is 14.0. The number of hydrogen-bond acceptors (Lipinski definition) is 3. The molecule has 136 valence electrons. The van der Waals surface area contributed by atoms with Crippen LogP contribution in [0.1, 0.15) is 25.2 Å². The number of rotatable bonds is 6. The molecule has 0 aliphatic carbocycles. The van der Waals surface area contributed by atoms with Gasteiger partial charge in [0.05, 0.1) is 6.26 Å². The Morgan fingerprint density at radius 3 is 2.84 bits per heavy atom. The van der Waals surface area contributed by atoms with Gasteiger partial charge in [-0.15, -0.1) is 24.0 Å². The van der Waals surface area contributed by atoms with Crippen LogP contribution >= 0.6 is 24.0 Å². The number of para-hydroxylation sites is 1. The summed E-state index contributed by atoms with van der Waals surface area (Å²) in [5.41, 5.74) is 2.81. The number of anilines is 1. The fraction of sp³-hybridized carbons (Fsp3) is 0.421. The third-order valence-electron chi connectivity index (χ3n) is 4.31. The summed E-state index contributed by atoms with van der Waals surface area (Å²) < 4.78 is 5.33. The van der Waals surface area contributed by atoms with Gasteiger partial charge in [0, 0.05) is 31.4 Å². The van der Waals surface area contributed by atoms with Crippen LogP contribution in [0, 0.1) is 0 Å². The highest BCUT2D eigenvalue weighted by Crippen LogP contribution is 2.31. The van der Waals surface area contributed by atoms with Gasteiger partial charge in [-0.25, -0.2) is 4.99 Å². The van der Waals surface area contributed by atoms with Crippen molar-refractivity contribution in [2.45, 2.75) is 32.9 Å². The number of aliphatic imine (C=N–C) groups is 1. The lowest BCUT2D eigenvalue weighted by atomic mass is 10.1. The Morgan fingerprint density at radius 1 is 1.24 bits per heavy atom. The van der Waals surface area contributed by atoms with E-state index in [1.165, 1.54) is 11.3 Å². The van der Waals surface area contributed by atoms with E-state index in [4.69, 9.17) is 4.42 Å². The molecule has 0 saturated heterocycles. The summed E-state index contributed by atoms with van der Waals surface area (Å²) in [7, 11) is 0. The molecule has 0 saturated carbocycles. The molecular formula is C19H27IN4O. The Morgan fingerprint density at radius 2 is 2.08 bits per heavy atom. The Bertz CT molecular complexity index is 672. The lowest BCUT2D eigenvalue weighted by Gasteiger charge is -2.25. The fourth-order valence-corrected chi connectivity index (χ4v) is 3.17. The number of fused-ring (bicyclic) bond motifs is 1. The fourth-order valence-electron chi connectivity index (χ4n) is 3.17. The first-order valence-corrected chi connectivity index (χ1v) is 8.67. The van der Waals surface area contributed by atoms with Crippen molar-refractivity contribution in [1.82, 2.24) is 10.6 Å². The van der Waals surface area contributed by atoms with E-state index in [-0.39, 0.29) is 24.0 Å². The predicted molar refractivity (Wildman–Crippen MR) is 114 cm³/mol. The summed E-state index contributed by atoms with van der Waals surface area (Å²) in [5.74, 6) is 1.70. The second-order valence-corrected chi connectivity index (χ2v) is 6.08.